The second-order valence-electron chi connectivity index (χ2n) is 7.69. The van der Waals surface area contributed by atoms with Crippen LogP contribution in [0.15, 0.2) is 48.7 Å². The van der Waals surface area contributed by atoms with Crippen molar-refractivity contribution < 1.29 is 24.1 Å². The minimum atomic E-state index is -0.659. The first-order chi connectivity index (χ1) is 16.0. The molecule has 1 aliphatic rings. The molecule has 168 valence electrons. The Hall–Kier alpha value is -3.71. The van der Waals surface area contributed by atoms with E-state index in [1.807, 2.05) is 49.4 Å². The van der Waals surface area contributed by atoms with Crippen LogP contribution >= 0.6 is 11.6 Å². The van der Waals surface area contributed by atoms with Crippen LogP contribution in [0, 0.1) is 6.92 Å². The summed E-state index contributed by atoms with van der Waals surface area (Å²) in [6.45, 7) is 4.50. The summed E-state index contributed by atoms with van der Waals surface area (Å²) in [6, 6.07) is 13.3. The minimum absolute atomic E-state index is 0.102. The lowest BCUT2D eigenvalue weighted by Gasteiger charge is -2.13. The Labute approximate surface area is 195 Å². The van der Waals surface area contributed by atoms with Gasteiger partial charge in [-0.3, -0.25) is 0 Å². The van der Waals surface area contributed by atoms with Gasteiger partial charge in [-0.25, -0.2) is 9.78 Å². The van der Waals surface area contributed by atoms with Gasteiger partial charge in [-0.15, -0.1) is 0 Å². The quantitative estimate of drug-likeness (QED) is 0.402. The topological polar surface area (TPSA) is 82.8 Å². The SMILES string of the molecule is CCOC(=O)c1ncc2c(c(C)c(-c3ccc(Cl)cc3)n2Cc2ccc3c(c2)OCO3)c1O. The van der Waals surface area contributed by atoms with E-state index in [1.54, 1.807) is 13.1 Å². The number of aromatic hydroxyl groups is 1. The Morgan fingerprint density at radius 3 is 2.70 bits per heavy atom. The van der Waals surface area contributed by atoms with Gasteiger partial charge >= 0.3 is 5.97 Å². The summed E-state index contributed by atoms with van der Waals surface area (Å²) in [4.78, 5) is 16.6. The van der Waals surface area contributed by atoms with Crippen LogP contribution in [0.3, 0.4) is 0 Å². The Morgan fingerprint density at radius 1 is 1.18 bits per heavy atom. The van der Waals surface area contributed by atoms with Crippen molar-refractivity contribution in [3.63, 3.8) is 0 Å². The van der Waals surface area contributed by atoms with E-state index in [9.17, 15) is 9.90 Å². The van der Waals surface area contributed by atoms with Crippen molar-refractivity contribution >= 4 is 28.5 Å². The predicted octanol–water partition coefficient (Wildman–Crippen LogP) is 5.32. The highest BCUT2D eigenvalue weighted by atomic mass is 35.5. The first-order valence-corrected chi connectivity index (χ1v) is 10.9. The Morgan fingerprint density at radius 2 is 1.94 bits per heavy atom. The molecule has 3 heterocycles. The number of halogens is 1. The molecule has 1 N–H and O–H groups in total. The monoisotopic (exact) mass is 464 g/mol. The van der Waals surface area contributed by atoms with Gasteiger partial charge in [0.15, 0.2) is 22.9 Å². The maximum atomic E-state index is 12.3. The summed E-state index contributed by atoms with van der Waals surface area (Å²) in [5, 5.41) is 12.2. The first kappa shape index (κ1) is 21.2. The Bertz CT molecular complexity index is 1380. The zero-order valence-electron chi connectivity index (χ0n) is 18.1. The molecule has 0 unspecified atom stereocenters. The molecular formula is C25H21ClN2O5. The lowest BCUT2D eigenvalue weighted by atomic mass is 10.1. The summed E-state index contributed by atoms with van der Waals surface area (Å²) in [7, 11) is 0. The Balaban J connectivity index is 1.71. The molecule has 0 radical (unpaired) electrons. The van der Waals surface area contributed by atoms with E-state index in [0.29, 0.717) is 34.0 Å². The number of hydrogen-bond donors (Lipinski definition) is 1. The Kier molecular flexibility index (Phi) is 5.34. The number of carbonyl (C=O) groups excluding carboxylic acids is 1. The largest absolute Gasteiger partial charge is 0.505 e. The number of nitrogens with zero attached hydrogens (tertiary/aromatic N) is 2. The van der Waals surface area contributed by atoms with Crippen molar-refractivity contribution in [3.05, 3.63) is 70.5 Å². The number of aryl methyl sites for hydroxylation is 1. The van der Waals surface area contributed by atoms with E-state index < -0.39 is 5.97 Å². The van der Waals surface area contributed by atoms with Crippen molar-refractivity contribution in [2.45, 2.75) is 20.4 Å². The van der Waals surface area contributed by atoms with Crippen molar-refractivity contribution in [2.24, 2.45) is 0 Å². The van der Waals surface area contributed by atoms with Gasteiger partial charge in [-0.2, -0.15) is 0 Å². The number of fused-ring (bicyclic) bond motifs is 2. The third-order valence-corrected chi connectivity index (χ3v) is 5.94. The smallest absolute Gasteiger partial charge is 0.360 e. The molecule has 2 aromatic heterocycles. The molecule has 8 heteroatoms. The van der Waals surface area contributed by atoms with E-state index in [0.717, 1.165) is 22.4 Å². The molecule has 4 aromatic rings. The first-order valence-electron chi connectivity index (χ1n) is 10.5. The number of rotatable bonds is 5. The predicted molar refractivity (Wildman–Crippen MR) is 124 cm³/mol. The fourth-order valence-corrected chi connectivity index (χ4v) is 4.35. The lowest BCUT2D eigenvalue weighted by Crippen LogP contribution is -2.08. The fraction of sp³-hybridized carbons (Fsp3) is 0.200. The normalized spacial score (nSPS) is 12.3. The number of hydrogen-bond acceptors (Lipinski definition) is 6. The average molecular weight is 465 g/mol. The van der Waals surface area contributed by atoms with E-state index in [4.69, 9.17) is 25.8 Å². The lowest BCUT2D eigenvalue weighted by molar-refractivity contribution is 0.0516. The molecule has 0 aliphatic carbocycles. The number of esters is 1. The molecule has 0 atom stereocenters. The average Bonchev–Trinajstić information content (AvgIpc) is 3.37. The summed E-state index contributed by atoms with van der Waals surface area (Å²) in [6.07, 6.45) is 1.60. The molecule has 0 fully saturated rings. The van der Waals surface area contributed by atoms with Crippen LogP contribution in [-0.4, -0.2) is 34.0 Å². The van der Waals surface area contributed by atoms with Gasteiger partial charge < -0.3 is 23.9 Å². The summed E-state index contributed by atoms with van der Waals surface area (Å²) >= 11 is 6.12. The van der Waals surface area contributed by atoms with Gasteiger partial charge in [0.2, 0.25) is 6.79 Å². The van der Waals surface area contributed by atoms with Gasteiger partial charge in [0.1, 0.15) is 0 Å². The minimum Gasteiger partial charge on any atom is -0.505 e. The third-order valence-electron chi connectivity index (χ3n) is 5.69. The highest BCUT2D eigenvalue weighted by molar-refractivity contribution is 6.30. The van der Waals surface area contributed by atoms with E-state index in [2.05, 4.69) is 9.55 Å². The van der Waals surface area contributed by atoms with Crippen LogP contribution in [0.25, 0.3) is 22.2 Å². The van der Waals surface area contributed by atoms with Crippen LogP contribution in [-0.2, 0) is 11.3 Å². The molecule has 33 heavy (non-hydrogen) atoms. The highest BCUT2D eigenvalue weighted by Gasteiger charge is 2.25. The summed E-state index contributed by atoms with van der Waals surface area (Å²) in [5.41, 5.74) is 4.21. The number of ether oxygens (including phenoxy) is 3. The van der Waals surface area contributed by atoms with Crippen LogP contribution in [0.4, 0.5) is 0 Å². The van der Waals surface area contributed by atoms with Crippen LogP contribution in [0.1, 0.15) is 28.5 Å². The van der Waals surface area contributed by atoms with Crippen LogP contribution in [0.2, 0.25) is 5.02 Å². The van der Waals surface area contributed by atoms with E-state index in [-0.39, 0.29) is 24.8 Å². The zero-order valence-corrected chi connectivity index (χ0v) is 18.8. The zero-order chi connectivity index (χ0) is 23.1. The number of pyridine rings is 1. The van der Waals surface area contributed by atoms with Gasteiger partial charge in [0.05, 0.1) is 24.0 Å². The van der Waals surface area contributed by atoms with Gasteiger partial charge in [-0.1, -0.05) is 29.8 Å². The molecule has 0 amide bonds. The highest BCUT2D eigenvalue weighted by Crippen LogP contribution is 2.40. The number of aromatic nitrogens is 2. The van der Waals surface area contributed by atoms with Gasteiger partial charge in [0.25, 0.3) is 0 Å². The molecule has 0 saturated carbocycles. The third kappa shape index (κ3) is 3.64. The van der Waals surface area contributed by atoms with Crippen molar-refractivity contribution in [2.75, 3.05) is 13.4 Å². The summed E-state index contributed by atoms with van der Waals surface area (Å²) < 4.78 is 18.1. The number of benzene rings is 2. The number of carbonyl (C=O) groups is 1. The molecule has 0 spiro atoms. The molecule has 0 saturated heterocycles. The van der Waals surface area contributed by atoms with Crippen molar-refractivity contribution in [1.82, 2.24) is 9.55 Å². The van der Waals surface area contributed by atoms with Crippen molar-refractivity contribution in [3.8, 4) is 28.5 Å². The van der Waals surface area contributed by atoms with Crippen LogP contribution < -0.4 is 9.47 Å². The van der Waals surface area contributed by atoms with E-state index >= 15 is 0 Å². The fourth-order valence-electron chi connectivity index (χ4n) is 4.22. The van der Waals surface area contributed by atoms with Gasteiger partial charge in [-0.05, 0) is 54.8 Å². The standard InChI is InChI=1S/C25H21ClN2O5/c1-3-31-25(30)22-24(29)21-14(2)23(16-5-7-17(26)8-6-16)28(18(21)11-27-22)12-15-4-9-19-20(10-15)33-13-32-19/h4-11,29H,3,12-13H2,1-2H3. The molecule has 1 aliphatic heterocycles. The van der Waals surface area contributed by atoms with Crippen molar-refractivity contribution in [1.29, 1.82) is 0 Å². The van der Waals surface area contributed by atoms with Gasteiger partial charge in [0, 0.05) is 17.0 Å². The second-order valence-corrected chi connectivity index (χ2v) is 8.13. The molecule has 0 bridgehead atoms. The molecule has 7 nitrogen and oxygen atoms in total. The summed E-state index contributed by atoms with van der Waals surface area (Å²) in [5.74, 6) is 0.555. The molecular weight excluding hydrogens is 444 g/mol. The van der Waals surface area contributed by atoms with Crippen LogP contribution in [0.5, 0.6) is 17.2 Å². The van der Waals surface area contributed by atoms with E-state index in [1.165, 1.54) is 0 Å². The maximum absolute atomic E-state index is 12.3. The molecule has 2 aromatic carbocycles. The maximum Gasteiger partial charge on any atom is 0.360 e. The second kappa shape index (κ2) is 8.33. The molecule has 5 rings (SSSR count).